The van der Waals surface area contributed by atoms with Crippen LogP contribution in [0.15, 0.2) is 0 Å². The maximum atomic E-state index is 9.75. The average Bonchev–Trinajstić information content (AvgIpc) is 3.75. The van der Waals surface area contributed by atoms with Crippen molar-refractivity contribution in [3.63, 3.8) is 0 Å². The number of hydrogen-bond acceptors (Lipinski definition) is 0. The largest absolute Gasteiger partial charge is 1.00 e. The van der Waals surface area contributed by atoms with E-state index in [1.807, 2.05) is 0 Å². The Kier molecular flexibility index (Phi) is 50.8. The van der Waals surface area contributed by atoms with Gasteiger partial charge in [-0.1, -0.05) is 263 Å². The molecule has 528 valence electrons. The zero-order valence-electron chi connectivity index (χ0n) is 56.1. The van der Waals surface area contributed by atoms with Gasteiger partial charge in [0.15, 0.2) is 0 Å². The van der Waals surface area contributed by atoms with Gasteiger partial charge < -0.3 is 24.2 Å². The van der Waals surface area contributed by atoms with E-state index in [-0.39, 0.29) is 89.5 Å². The second kappa shape index (κ2) is 51.6. The molecule has 0 amide bonds. The van der Waals surface area contributed by atoms with Crippen LogP contribution in [0.1, 0.15) is 392 Å². The maximum absolute atomic E-state index is 9.75. The van der Waals surface area contributed by atoms with Crippen molar-refractivity contribution in [2.75, 3.05) is 0 Å². The summed E-state index contributed by atoms with van der Waals surface area (Å²) in [4.78, 5) is 0. The first-order valence-electron chi connectivity index (χ1n) is 38.5. The number of rotatable bonds is 12. The van der Waals surface area contributed by atoms with Crippen LogP contribution in [-0.4, -0.2) is 75.2 Å². The molecule has 0 spiro atoms. The molecular weight excluding hydrogens is 1890 g/mol. The maximum Gasteiger partial charge on any atom is 1.00 e. The molecule has 0 aromatic rings. The SMILES string of the molecule is C1CCC(P(C2CCCCC2)C2CCCCC2)CC1.C1CCC(P(C2CCCCC2)C2CCCCC2)CC1.C1CCC(P(C2CCCCC2)C2CCCCC2)CC1.C1CCC(P(C2CCCCC2)C2CCCCC2)CC1.F[B-](F)(F)F.[Au+].[Au+].[Au].[Au].[CH2-]C. The van der Waals surface area contributed by atoms with Crippen molar-refractivity contribution in [1.82, 2.24) is 0 Å². The Morgan fingerprint density at radius 3 is 0.299 bits per heavy atom. The quantitative estimate of drug-likeness (QED) is 0.0791. The monoisotopic (exact) mass is 2020 g/mol. The van der Waals surface area contributed by atoms with Crippen molar-refractivity contribution >= 4 is 38.9 Å². The molecule has 2 radical (unpaired) electrons. The molecule has 0 unspecified atom stereocenters. The minimum absolute atomic E-state index is 0. The van der Waals surface area contributed by atoms with Crippen LogP contribution in [0.25, 0.3) is 0 Å². The van der Waals surface area contributed by atoms with Gasteiger partial charge >= 0.3 is 52.0 Å². The Labute approximate surface area is 606 Å². The number of halogens is 4. The van der Waals surface area contributed by atoms with Gasteiger partial charge in [0, 0.05) is 44.8 Å². The summed E-state index contributed by atoms with van der Waals surface area (Å²) in [5, 5.41) is 0. The van der Waals surface area contributed by atoms with Crippen molar-refractivity contribution in [3.05, 3.63) is 6.92 Å². The summed E-state index contributed by atoms with van der Waals surface area (Å²) in [7, 11) is -4.46. The minimum Gasteiger partial charge on any atom is -0.418 e. The van der Waals surface area contributed by atoms with Crippen LogP contribution in [0.3, 0.4) is 0 Å². The summed E-state index contributed by atoms with van der Waals surface area (Å²) >= 11 is 0. The molecule has 0 aromatic heterocycles. The van der Waals surface area contributed by atoms with E-state index in [1.165, 1.54) is 145 Å². The van der Waals surface area contributed by atoms with Crippen LogP contribution in [0.5, 0.6) is 0 Å². The van der Waals surface area contributed by atoms with E-state index in [9.17, 15) is 17.3 Å². The van der Waals surface area contributed by atoms with Gasteiger partial charge in [0.25, 0.3) is 0 Å². The van der Waals surface area contributed by atoms with Gasteiger partial charge in [0.1, 0.15) is 0 Å². The van der Waals surface area contributed by atoms with E-state index < -0.39 is 7.25 Å². The first-order chi connectivity index (χ1) is 40.8. The minimum atomic E-state index is -6.00. The molecule has 12 saturated carbocycles. The predicted molar refractivity (Wildman–Crippen MR) is 371 cm³/mol. The van der Waals surface area contributed by atoms with E-state index in [0.717, 1.165) is 0 Å². The summed E-state index contributed by atoms with van der Waals surface area (Å²) in [6.45, 7) is 5.00. The van der Waals surface area contributed by atoms with Gasteiger partial charge in [-0.2, -0.15) is 6.92 Å². The summed E-state index contributed by atoms with van der Waals surface area (Å²) in [6.07, 6.45) is 94.5. The van der Waals surface area contributed by atoms with Crippen LogP contribution < -0.4 is 0 Å². The van der Waals surface area contributed by atoms with Crippen LogP contribution in [0, 0.1) is 6.92 Å². The third-order valence-corrected chi connectivity index (χ3v) is 40.3. The van der Waals surface area contributed by atoms with E-state index >= 15 is 0 Å². The van der Waals surface area contributed by atoms with Gasteiger partial charge in [-0.25, -0.2) is 0 Å². The molecule has 0 N–H and O–H groups in total. The van der Waals surface area contributed by atoms with Gasteiger partial charge in [-0.05, 0) is 222 Å². The summed E-state index contributed by atoms with van der Waals surface area (Å²) < 4.78 is 39.0. The zero-order chi connectivity index (χ0) is 58.2. The molecule has 0 saturated heterocycles. The Morgan fingerprint density at radius 2 is 0.241 bits per heavy atom. The second-order valence-electron chi connectivity index (χ2n) is 29.8. The van der Waals surface area contributed by atoms with Crippen LogP contribution in [0.4, 0.5) is 17.3 Å². The molecule has 12 aliphatic carbocycles. The fraction of sp³-hybridized carbons (Fsp3) is 0.986. The average molecular weight is 2030 g/mol. The van der Waals surface area contributed by atoms with Gasteiger partial charge in [0.2, 0.25) is 0 Å². The topological polar surface area (TPSA) is 0 Å². The summed E-state index contributed by atoms with van der Waals surface area (Å²) in [5.41, 5.74) is 14.3. The van der Waals surface area contributed by atoms with Crippen molar-refractivity contribution in [2.45, 2.75) is 460 Å². The van der Waals surface area contributed by atoms with Crippen molar-refractivity contribution in [3.8, 4) is 0 Å². The predicted octanol–water partition coefficient (Wildman–Crippen LogP) is 28.0. The second-order valence-corrected chi connectivity index (χ2v) is 42.1. The van der Waals surface area contributed by atoms with Gasteiger partial charge in [-0.15, -0.1) is 0 Å². The van der Waals surface area contributed by atoms with Crippen molar-refractivity contribution in [1.29, 1.82) is 0 Å². The van der Waals surface area contributed by atoms with Crippen molar-refractivity contribution in [2.24, 2.45) is 0 Å². The fourth-order valence-electron chi connectivity index (χ4n) is 20.1. The molecule has 87 heavy (non-hydrogen) atoms. The van der Waals surface area contributed by atoms with E-state index in [1.54, 1.807) is 315 Å². The Balaban J connectivity index is 0.000000288. The van der Waals surface area contributed by atoms with Gasteiger partial charge in [-0.3, -0.25) is 0 Å². The summed E-state index contributed by atoms with van der Waals surface area (Å²) in [5.74, 6) is 0. The van der Waals surface area contributed by atoms with E-state index in [2.05, 4.69) is 6.92 Å². The zero-order valence-corrected chi connectivity index (χ0v) is 68.4. The molecule has 0 atom stereocenters. The molecule has 0 aliphatic heterocycles. The Hall–Kier alpha value is 4.47. The standard InChI is InChI=1S/4C18H33P.C2H5.4Au.BF4/c4*1-4-10-16(11-5-1)19(17-12-6-2-7-13-17)18-14-8-3-9-15-18;1-2;;;;;2-1(3,4)5/h4*16-18H,1-15H2;1H2,2H3;;;;;/q;;;;-1;;;2*+1;-1. The molecular formula is C74H137Au4BF4P4. The fourth-order valence-corrected chi connectivity index (χ4v) is 38.8. The summed E-state index contributed by atoms with van der Waals surface area (Å²) in [6, 6.07) is 0. The van der Waals surface area contributed by atoms with Crippen LogP contribution in [-0.2, 0) is 89.5 Å². The molecule has 12 aliphatic rings. The third kappa shape index (κ3) is 32.1. The van der Waals surface area contributed by atoms with Crippen LogP contribution in [0.2, 0.25) is 0 Å². The first-order valence-corrected chi connectivity index (χ1v) is 44.7. The third-order valence-electron chi connectivity index (χ3n) is 24.0. The molecule has 0 bridgehead atoms. The molecule has 12 rings (SSSR count). The van der Waals surface area contributed by atoms with Gasteiger partial charge in [0.05, 0.1) is 0 Å². The molecule has 0 nitrogen and oxygen atoms in total. The molecule has 13 heteroatoms. The van der Waals surface area contributed by atoms with E-state index in [4.69, 9.17) is 0 Å². The molecule has 12 fully saturated rings. The smallest absolute Gasteiger partial charge is 0.418 e. The molecule has 0 aromatic carbocycles. The Morgan fingerprint density at radius 1 is 0.184 bits per heavy atom. The van der Waals surface area contributed by atoms with Crippen molar-refractivity contribution < 1.29 is 107 Å². The normalized spacial score (nSPS) is 26.0. The van der Waals surface area contributed by atoms with E-state index in [0.29, 0.717) is 31.7 Å². The van der Waals surface area contributed by atoms with Crippen LogP contribution >= 0.6 is 31.7 Å². The first kappa shape index (κ1) is 85.7. The Bertz CT molecular complexity index is 1160. The number of hydrogen-bond donors (Lipinski definition) is 0. The molecule has 0 heterocycles.